The first-order valence-electron chi connectivity index (χ1n) is 7.36. The monoisotopic (exact) mass is 304 g/mol. The van der Waals surface area contributed by atoms with Gasteiger partial charge in [-0.2, -0.15) is 0 Å². The Bertz CT molecular complexity index is 698. The Morgan fingerprint density at radius 3 is 2.82 bits per heavy atom. The normalized spacial score (nSPS) is 39.0. The average Bonchev–Trinajstić information content (AvgIpc) is 3.18. The van der Waals surface area contributed by atoms with Gasteiger partial charge in [-0.05, 0) is 19.4 Å². The molecule has 1 aromatic rings. The van der Waals surface area contributed by atoms with Gasteiger partial charge in [-0.25, -0.2) is 0 Å². The van der Waals surface area contributed by atoms with Crippen LogP contribution in [0, 0.1) is 0 Å². The van der Waals surface area contributed by atoms with Crippen LogP contribution in [0.4, 0.5) is 0 Å². The van der Waals surface area contributed by atoms with E-state index in [0.717, 1.165) is 0 Å². The predicted octanol–water partition coefficient (Wildman–Crippen LogP) is 0.839. The van der Waals surface area contributed by atoms with Gasteiger partial charge in [0.15, 0.2) is 17.0 Å². The molecule has 1 aliphatic carbocycles. The number of phenolic OH excluding ortho intramolecular Hbond substituents is 1. The minimum Gasteiger partial charge on any atom is -0.507 e. The minimum absolute atomic E-state index is 0.0247. The number of carbonyl (C=O) groups is 2. The number of ketones is 2. The van der Waals surface area contributed by atoms with Crippen LogP contribution in [0.5, 0.6) is 5.75 Å². The number of benzene rings is 1. The van der Waals surface area contributed by atoms with E-state index in [9.17, 15) is 14.7 Å². The highest BCUT2D eigenvalue weighted by Gasteiger charge is 2.85. The fourth-order valence-corrected chi connectivity index (χ4v) is 4.01. The molecule has 2 fully saturated rings. The summed E-state index contributed by atoms with van der Waals surface area (Å²) < 4.78 is 11.5. The molecule has 0 amide bonds. The maximum Gasteiger partial charge on any atom is 0.205 e. The van der Waals surface area contributed by atoms with Crippen LogP contribution in [-0.4, -0.2) is 51.8 Å². The molecule has 3 aliphatic rings. The molecule has 1 aromatic carbocycles. The van der Waals surface area contributed by atoms with E-state index in [0.29, 0.717) is 6.42 Å². The largest absolute Gasteiger partial charge is 0.507 e. The van der Waals surface area contributed by atoms with E-state index in [1.54, 1.807) is 13.0 Å². The number of aromatic hydroxyl groups is 1. The SMILES string of the molecule is C[C@@H]1O[C@@H](CCO)C[C@@]23O[C@@]12C(=O)c1c(O)cccc1C3=O. The Kier molecular flexibility index (Phi) is 2.62. The van der Waals surface area contributed by atoms with Crippen LogP contribution in [-0.2, 0) is 9.47 Å². The van der Waals surface area contributed by atoms with Gasteiger partial charge in [0.1, 0.15) is 5.75 Å². The maximum absolute atomic E-state index is 12.9. The smallest absolute Gasteiger partial charge is 0.205 e. The van der Waals surface area contributed by atoms with Gasteiger partial charge in [0.05, 0.1) is 17.8 Å². The molecule has 2 aliphatic heterocycles. The van der Waals surface area contributed by atoms with Crippen LogP contribution < -0.4 is 0 Å². The lowest BCUT2D eigenvalue weighted by Crippen LogP contribution is -2.57. The van der Waals surface area contributed by atoms with Crippen molar-refractivity contribution in [3.63, 3.8) is 0 Å². The first-order chi connectivity index (χ1) is 10.5. The van der Waals surface area contributed by atoms with Crippen molar-refractivity contribution in [2.45, 2.75) is 43.2 Å². The summed E-state index contributed by atoms with van der Waals surface area (Å²) in [5, 5.41) is 19.1. The molecule has 6 heteroatoms. The van der Waals surface area contributed by atoms with Crippen LogP contribution in [0.3, 0.4) is 0 Å². The number of epoxide rings is 1. The van der Waals surface area contributed by atoms with Gasteiger partial charge in [-0.15, -0.1) is 0 Å². The molecular formula is C16H16O6. The van der Waals surface area contributed by atoms with Crippen molar-refractivity contribution in [3.8, 4) is 5.75 Å². The lowest BCUT2D eigenvalue weighted by molar-refractivity contribution is -0.0622. The highest BCUT2D eigenvalue weighted by Crippen LogP contribution is 2.63. The summed E-state index contributed by atoms with van der Waals surface area (Å²) in [4.78, 5) is 25.8. The number of aliphatic hydroxyl groups is 1. The molecule has 0 unspecified atom stereocenters. The molecule has 2 N–H and O–H groups in total. The quantitative estimate of drug-likeness (QED) is 0.786. The van der Waals surface area contributed by atoms with E-state index in [1.807, 2.05) is 0 Å². The summed E-state index contributed by atoms with van der Waals surface area (Å²) in [6, 6.07) is 4.47. The van der Waals surface area contributed by atoms with Gasteiger partial charge in [-0.3, -0.25) is 9.59 Å². The lowest BCUT2D eigenvalue weighted by atomic mass is 9.68. The van der Waals surface area contributed by atoms with Gasteiger partial charge in [0, 0.05) is 18.6 Å². The Labute approximate surface area is 126 Å². The zero-order valence-electron chi connectivity index (χ0n) is 12.0. The standard InChI is InChI=1S/C16H16O6/c1-8-16-14(20)12-10(3-2-4-11(12)18)13(19)15(16,22-16)7-9(21-8)5-6-17/h2-4,8-9,17-18H,5-7H2,1H3/t8-,9-,15-,16+/m0/s1. The Morgan fingerprint density at radius 1 is 1.32 bits per heavy atom. The van der Waals surface area contributed by atoms with E-state index in [1.165, 1.54) is 12.1 Å². The molecule has 0 bridgehead atoms. The molecule has 2 heterocycles. The number of phenols is 1. The highest BCUT2D eigenvalue weighted by molar-refractivity contribution is 6.26. The summed E-state index contributed by atoms with van der Waals surface area (Å²) in [5.74, 6) is -0.884. The minimum atomic E-state index is -1.33. The Hall–Kier alpha value is -1.76. The predicted molar refractivity (Wildman–Crippen MR) is 74.0 cm³/mol. The molecule has 0 aromatic heterocycles. The molecule has 6 nitrogen and oxygen atoms in total. The van der Waals surface area contributed by atoms with E-state index in [2.05, 4.69) is 0 Å². The summed E-state index contributed by atoms with van der Waals surface area (Å²) in [7, 11) is 0. The molecule has 4 atom stereocenters. The van der Waals surface area contributed by atoms with Crippen LogP contribution in [0.2, 0.25) is 0 Å². The second-order valence-electron chi connectivity index (χ2n) is 6.14. The number of hydrogen-bond donors (Lipinski definition) is 2. The molecule has 0 radical (unpaired) electrons. The summed E-state index contributed by atoms with van der Waals surface area (Å²) in [6.07, 6.45) is -0.300. The van der Waals surface area contributed by atoms with E-state index < -0.39 is 23.1 Å². The topological polar surface area (TPSA) is 96.4 Å². The fourth-order valence-electron chi connectivity index (χ4n) is 4.01. The van der Waals surface area contributed by atoms with Crippen molar-refractivity contribution in [1.29, 1.82) is 0 Å². The van der Waals surface area contributed by atoms with Crippen LogP contribution >= 0.6 is 0 Å². The maximum atomic E-state index is 12.9. The van der Waals surface area contributed by atoms with Crippen LogP contribution in [0.15, 0.2) is 18.2 Å². The lowest BCUT2D eigenvalue weighted by Gasteiger charge is -2.37. The first-order valence-corrected chi connectivity index (χ1v) is 7.36. The fraction of sp³-hybridized carbons (Fsp3) is 0.500. The number of ether oxygens (including phenoxy) is 2. The second-order valence-corrected chi connectivity index (χ2v) is 6.14. The summed E-state index contributed by atoms with van der Waals surface area (Å²) >= 11 is 0. The van der Waals surface area contributed by atoms with Crippen LogP contribution in [0.25, 0.3) is 0 Å². The van der Waals surface area contributed by atoms with Gasteiger partial charge in [-0.1, -0.05) is 12.1 Å². The third-order valence-corrected chi connectivity index (χ3v) is 5.05. The number of rotatable bonds is 2. The highest BCUT2D eigenvalue weighted by atomic mass is 16.7. The van der Waals surface area contributed by atoms with Crippen molar-refractivity contribution >= 4 is 11.6 Å². The first kappa shape index (κ1) is 13.9. The van der Waals surface area contributed by atoms with Crippen molar-refractivity contribution in [3.05, 3.63) is 29.3 Å². The zero-order valence-corrected chi connectivity index (χ0v) is 12.0. The number of Topliss-reactive ketones (excluding diaryl/α,β-unsaturated/α-hetero) is 2. The second kappa shape index (κ2) is 4.16. The van der Waals surface area contributed by atoms with Crippen molar-refractivity contribution < 1.29 is 29.3 Å². The Balaban J connectivity index is 1.86. The third kappa shape index (κ3) is 1.36. The third-order valence-electron chi connectivity index (χ3n) is 5.05. The molecule has 0 spiro atoms. The van der Waals surface area contributed by atoms with E-state index in [4.69, 9.17) is 14.6 Å². The number of fused-ring (bicyclic) bond motifs is 1. The number of carbonyl (C=O) groups excluding carboxylic acids is 2. The zero-order chi connectivity index (χ0) is 15.7. The summed E-state index contributed by atoms with van der Waals surface area (Å²) in [6.45, 7) is 1.64. The van der Waals surface area contributed by atoms with Gasteiger partial charge >= 0.3 is 0 Å². The molecular weight excluding hydrogens is 288 g/mol. The average molecular weight is 304 g/mol. The van der Waals surface area contributed by atoms with E-state index in [-0.39, 0.29) is 41.8 Å². The summed E-state index contributed by atoms with van der Waals surface area (Å²) in [5.41, 5.74) is -2.31. The van der Waals surface area contributed by atoms with Crippen LogP contribution in [0.1, 0.15) is 40.5 Å². The van der Waals surface area contributed by atoms with Crippen molar-refractivity contribution in [1.82, 2.24) is 0 Å². The molecule has 2 saturated heterocycles. The number of hydrogen-bond acceptors (Lipinski definition) is 6. The molecule has 22 heavy (non-hydrogen) atoms. The van der Waals surface area contributed by atoms with Crippen molar-refractivity contribution in [2.24, 2.45) is 0 Å². The number of aliphatic hydroxyl groups excluding tert-OH is 1. The van der Waals surface area contributed by atoms with E-state index >= 15 is 0 Å². The Morgan fingerprint density at radius 2 is 2.09 bits per heavy atom. The molecule has 0 saturated carbocycles. The molecule has 4 rings (SSSR count). The van der Waals surface area contributed by atoms with Crippen molar-refractivity contribution in [2.75, 3.05) is 6.61 Å². The van der Waals surface area contributed by atoms with Gasteiger partial charge in [0.25, 0.3) is 0 Å². The van der Waals surface area contributed by atoms with Gasteiger partial charge in [0.2, 0.25) is 5.78 Å². The van der Waals surface area contributed by atoms with Gasteiger partial charge < -0.3 is 19.7 Å². The molecule has 116 valence electrons.